The Balaban J connectivity index is 2.00. The van der Waals surface area contributed by atoms with Crippen molar-refractivity contribution in [1.29, 1.82) is 0 Å². The molecule has 2 unspecified atom stereocenters. The highest BCUT2D eigenvalue weighted by molar-refractivity contribution is 6.03. The van der Waals surface area contributed by atoms with Crippen molar-refractivity contribution in [3.63, 3.8) is 0 Å². The van der Waals surface area contributed by atoms with Gasteiger partial charge in [0.2, 0.25) is 5.91 Å². The highest BCUT2D eigenvalue weighted by Crippen LogP contribution is 2.32. The fraction of sp³-hybridized carbons (Fsp3) is 0.733. The van der Waals surface area contributed by atoms with Crippen molar-refractivity contribution in [2.24, 2.45) is 11.8 Å². The summed E-state index contributed by atoms with van der Waals surface area (Å²) in [7, 11) is 4.13. The molecule has 0 aromatic heterocycles. The first-order valence-electron chi connectivity index (χ1n) is 7.17. The number of hydrogen-bond donors (Lipinski definition) is 0. The summed E-state index contributed by atoms with van der Waals surface area (Å²) in [6.45, 7) is 4.26. The molecule has 1 amide bonds. The Morgan fingerprint density at radius 2 is 2.11 bits per heavy atom. The Morgan fingerprint density at radius 1 is 1.37 bits per heavy atom. The number of hydrogen-bond acceptors (Lipinski definition) is 3. The minimum Gasteiger partial charge on any atom is -0.319 e. The summed E-state index contributed by atoms with van der Waals surface area (Å²) in [5.74, 6) is -0.225. The van der Waals surface area contributed by atoms with E-state index in [4.69, 9.17) is 0 Å². The molecule has 4 nitrogen and oxygen atoms in total. The molecule has 1 heterocycles. The number of likely N-dealkylation sites (tertiary alicyclic amines) is 1. The zero-order chi connectivity index (χ0) is 14.0. The fourth-order valence-electron chi connectivity index (χ4n) is 3.32. The lowest BCUT2D eigenvalue weighted by Crippen LogP contribution is -2.38. The van der Waals surface area contributed by atoms with Crippen molar-refractivity contribution in [1.82, 2.24) is 9.80 Å². The second kappa shape index (κ2) is 5.87. The van der Waals surface area contributed by atoms with E-state index in [1.807, 2.05) is 0 Å². The molecule has 2 rings (SSSR count). The zero-order valence-corrected chi connectivity index (χ0v) is 12.0. The maximum atomic E-state index is 12.5. The van der Waals surface area contributed by atoms with E-state index >= 15 is 0 Å². The van der Waals surface area contributed by atoms with E-state index in [1.54, 1.807) is 11.1 Å². The van der Waals surface area contributed by atoms with Crippen molar-refractivity contribution < 1.29 is 9.59 Å². The Labute approximate surface area is 115 Å². The summed E-state index contributed by atoms with van der Waals surface area (Å²) >= 11 is 0. The van der Waals surface area contributed by atoms with Gasteiger partial charge in [0.25, 0.3) is 0 Å². The van der Waals surface area contributed by atoms with Gasteiger partial charge in [-0.15, -0.1) is 0 Å². The Kier molecular flexibility index (Phi) is 4.40. The smallest absolute Gasteiger partial charge is 0.237 e. The predicted octanol–water partition coefficient (Wildman–Crippen LogP) is 1.67. The SMILES string of the molecule is C=CN1CC[C@H](C(=O)C2CCCC(N(C)C)C2)C1=O. The third-order valence-electron chi connectivity index (χ3n) is 4.58. The number of nitrogens with zero attached hydrogens (tertiary/aromatic N) is 2. The van der Waals surface area contributed by atoms with E-state index in [0.29, 0.717) is 19.0 Å². The number of ketones is 1. The molecule has 0 bridgehead atoms. The average Bonchev–Trinajstić information content (AvgIpc) is 2.79. The first-order valence-corrected chi connectivity index (χ1v) is 7.17. The van der Waals surface area contributed by atoms with Crippen LogP contribution in [0.1, 0.15) is 32.1 Å². The molecular formula is C15H24N2O2. The summed E-state index contributed by atoms with van der Waals surface area (Å²) in [4.78, 5) is 28.4. The second-order valence-corrected chi connectivity index (χ2v) is 5.94. The lowest BCUT2D eigenvalue weighted by molar-refractivity contribution is -0.138. The van der Waals surface area contributed by atoms with Crippen LogP contribution in [0.25, 0.3) is 0 Å². The zero-order valence-electron chi connectivity index (χ0n) is 12.0. The van der Waals surface area contributed by atoms with Crippen LogP contribution in [0.5, 0.6) is 0 Å². The van der Waals surface area contributed by atoms with E-state index in [2.05, 4.69) is 25.6 Å². The molecule has 106 valence electrons. The van der Waals surface area contributed by atoms with Crippen molar-refractivity contribution in [3.8, 4) is 0 Å². The number of amides is 1. The van der Waals surface area contributed by atoms with Gasteiger partial charge in [-0.25, -0.2) is 0 Å². The van der Waals surface area contributed by atoms with Crippen molar-refractivity contribution in [2.45, 2.75) is 38.1 Å². The first-order chi connectivity index (χ1) is 9.04. The minimum atomic E-state index is -0.413. The van der Waals surface area contributed by atoms with Gasteiger partial charge in [0.05, 0.1) is 5.92 Å². The fourth-order valence-corrected chi connectivity index (χ4v) is 3.32. The monoisotopic (exact) mass is 264 g/mol. The minimum absolute atomic E-state index is 0.0491. The van der Waals surface area contributed by atoms with Gasteiger partial charge in [-0.2, -0.15) is 0 Å². The van der Waals surface area contributed by atoms with Crippen LogP contribution < -0.4 is 0 Å². The summed E-state index contributed by atoms with van der Waals surface area (Å²) in [5, 5.41) is 0. The van der Waals surface area contributed by atoms with E-state index in [1.165, 1.54) is 0 Å². The Hall–Kier alpha value is -1.16. The summed E-state index contributed by atoms with van der Waals surface area (Å²) in [6, 6.07) is 0.481. The molecule has 1 saturated carbocycles. The normalized spacial score (nSPS) is 31.8. The van der Waals surface area contributed by atoms with Crippen LogP contribution in [0.2, 0.25) is 0 Å². The van der Waals surface area contributed by atoms with E-state index < -0.39 is 5.92 Å². The van der Waals surface area contributed by atoms with Crippen LogP contribution in [0.15, 0.2) is 12.8 Å². The summed E-state index contributed by atoms with van der Waals surface area (Å²) in [6.07, 6.45) is 6.30. The van der Waals surface area contributed by atoms with Gasteiger partial charge in [-0.1, -0.05) is 13.0 Å². The van der Waals surface area contributed by atoms with Gasteiger partial charge in [-0.3, -0.25) is 9.59 Å². The van der Waals surface area contributed by atoms with Crippen molar-refractivity contribution in [3.05, 3.63) is 12.8 Å². The second-order valence-electron chi connectivity index (χ2n) is 5.94. The molecule has 1 aliphatic heterocycles. The first kappa shape index (κ1) is 14.3. The quantitative estimate of drug-likeness (QED) is 0.725. The maximum Gasteiger partial charge on any atom is 0.237 e. The van der Waals surface area contributed by atoms with Crippen LogP contribution in [0.3, 0.4) is 0 Å². The molecule has 0 aromatic rings. The summed E-state index contributed by atoms with van der Waals surface area (Å²) in [5.41, 5.74) is 0. The largest absolute Gasteiger partial charge is 0.319 e. The molecule has 19 heavy (non-hydrogen) atoms. The molecule has 1 aliphatic carbocycles. The highest BCUT2D eigenvalue weighted by atomic mass is 16.2. The number of Topliss-reactive ketones (excluding diaryl/α,β-unsaturated/α-hetero) is 1. The number of rotatable bonds is 4. The Morgan fingerprint density at radius 3 is 2.68 bits per heavy atom. The third-order valence-corrected chi connectivity index (χ3v) is 4.58. The molecule has 0 spiro atoms. The molecule has 0 radical (unpaired) electrons. The number of carbonyl (C=O) groups excluding carboxylic acids is 2. The molecular weight excluding hydrogens is 240 g/mol. The maximum absolute atomic E-state index is 12.5. The van der Waals surface area contributed by atoms with Gasteiger partial charge in [0.15, 0.2) is 0 Å². The van der Waals surface area contributed by atoms with Crippen LogP contribution in [-0.2, 0) is 9.59 Å². The lowest BCUT2D eigenvalue weighted by Gasteiger charge is -2.33. The van der Waals surface area contributed by atoms with Gasteiger partial charge in [0, 0.05) is 18.5 Å². The van der Waals surface area contributed by atoms with E-state index in [9.17, 15) is 9.59 Å². The predicted molar refractivity (Wildman–Crippen MR) is 74.5 cm³/mol. The number of carbonyl (C=O) groups is 2. The third kappa shape index (κ3) is 2.89. The average molecular weight is 264 g/mol. The lowest BCUT2D eigenvalue weighted by atomic mass is 9.78. The van der Waals surface area contributed by atoms with Crippen LogP contribution in [0.4, 0.5) is 0 Å². The molecule has 1 saturated heterocycles. The molecule has 2 aliphatic rings. The van der Waals surface area contributed by atoms with E-state index in [-0.39, 0.29) is 17.6 Å². The highest BCUT2D eigenvalue weighted by Gasteiger charge is 2.40. The molecule has 2 fully saturated rings. The molecule has 4 heteroatoms. The molecule has 0 aromatic carbocycles. The standard InChI is InChI=1S/C15H24N2O2/c1-4-17-9-8-13(15(17)19)14(18)11-6-5-7-12(10-11)16(2)3/h4,11-13H,1,5-10H2,2-3H3/t11?,12?,13-/m1/s1. The molecule has 3 atom stereocenters. The van der Waals surface area contributed by atoms with Gasteiger partial charge >= 0.3 is 0 Å². The van der Waals surface area contributed by atoms with E-state index in [0.717, 1.165) is 25.7 Å². The van der Waals surface area contributed by atoms with Gasteiger partial charge < -0.3 is 9.80 Å². The van der Waals surface area contributed by atoms with Crippen LogP contribution in [0, 0.1) is 11.8 Å². The summed E-state index contributed by atoms with van der Waals surface area (Å²) < 4.78 is 0. The van der Waals surface area contributed by atoms with Crippen LogP contribution >= 0.6 is 0 Å². The molecule has 0 N–H and O–H groups in total. The van der Waals surface area contributed by atoms with Crippen LogP contribution in [-0.4, -0.2) is 48.2 Å². The Bertz CT molecular complexity index is 378. The van der Waals surface area contributed by atoms with Crippen molar-refractivity contribution >= 4 is 11.7 Å². The van der Waals surface area contributed by atoms with Crippen molar-refractivity contribution in [2.75, 3.05) is 20.6 Å². The van der Waals surface area contributed by atoms with Gasteiger partial charge in [0.1, 0.15) is 5.78 Å². The van der Waals surface area contributed by atoms with Gasteiger partial charge in [-0.05, 0) is 46.0 Å². The topological polar surface area (TPSA) is 40.6 Å².